The van der Waals surface area contributed by atoms with Gasteiger partial charge in [-0.3, -0.25) is 4.79 Å². The summed E-state index contributed by atoms with van der Waals surface area (Å²) in [5, 5.41) is 11.5. The molecular weight excluding hydrogens is 458 g/mol. The molecule has 0 aliphatic rings. The fourth-order valence-corrected chi connectivity index (χ4v) is 4.46. The molecule has 0 saturated carbocycles. The lowest BCUT2D eigenvalue weighted by atomic mass is 10.2. The van der Waals surface area contributed by atoms with E-state index in [4.69, 9.17) is 11.6 Å². The number of benzene rings is 2. The van der Waals surface area contributed by atoms with Gasteiger partial charge in [-0.1, -0.05) is 48.0 Å². The molecule has 0 aliphatic carbocycles. The number of anilines is 1. The first-order chi connectivity index (χ1) is 15.9. The molecule has 2 amide bonds. The molecule has 2 aromatic heterocycles. The number of hydrogen-bond donors (Lipinski definition) is 2. The highest BCUT2D eigenvalue weighted by molar-refractivity contribution is 7.18. The number of carbonyl (C=O) groups excluding carboxylic acids is 1. The number of halogens is 1. The van der Waals surface area contributed by atoms with Gasteiger partial charge in [0.1, 0.15) is 10.7 Å². The first-order valence-corrected chi connectivity index (χ1v) is 11.5. The number of amides is 2. The SMILES string of the molecule is Cc1nc(-c2ccccc2)sc1-c1ccc(=O)n(CCNC(=O)Nc2cccc(Cl)c2C)n1. The van der Waals surface area contributed by atoms with E-state index in [1.807, 2.05) is 44.2 Å². The Hall–Kier alpha value is -3.49. The zero-order valence-electron chi connectivity index (χ0n) is 18.1. The number of rotatable bonds is 6. The van der Waals surface area contributed by atoms with Crippen LogP contribution in [-0.4, -0.2) is 27.3 Å². The summed E-state index contributed by atoms with van der Waals surface area (Å²) in [6, 6.07) is 18.1. The van der Waals surface area contributed by atoms with Crippen molar-refractivity contribution in [2.24, 2.45) is 0 Å². The summed E-state index contributed by atoms with van der Waals surface area (Å²) in [5.74, 6) is 0. The molecule has 0 unspecified atom stereocenters. The van der Waals surface area contributed by atoms with Gasteiger partial charge in [0.25, 0.3) is 5.56 Å². The average molecular weight is 480 g/mol. The van der Waals surface area contributed by atoms with Crippen LogP contribution in [0.2, 0.25) is 5.02 Å². The van der Waals surface area contributed by atoms with Crippen LogP contribution >= 0.6 is 22.9 Å². The zero-order valence-corrected chi connectivity index (χ0v) is 19.7. The number of aromatic nitrogens is 3. The van der Waals surface area contributed by atoms with Crippen molar-refractivity contribution in [3.63, 3.8) is 0 Å². The number of nitrogens with one attached hydrogen (secondary N) is 2. The Balaban J connectivity index is 1.44. The molecule has 9 heteroatoms. The smallest absolute Gasteiger partial charge is 0.319 e. The van der Waals surface area contributed by atoms with Gasteiger partial charge >= 0.3 is 6.03 Å². The highest BCUT2D eigenvalue weighted by atomic mass is 35.5. The fourth-order valence-electron chi connectivity index (χ4n) is 3.25. The summed E-state index contributed by atoms with van der Waals surface area (Å²) in [5.41, 5.74) is 3.74. The van der Waals surface area contributed by atoms with Crippen LogP contribution in [-0.2, 0) is 6.54 Å². The summed E-state index contributed by atoms with van der Waals surface area (Å²) in [7, 11) is 0. The van der Waals surface area contributed by atoms with Gasteiger partial charge in [0.2, 0.25) is 0 Å². The van der Waals surface area contributed by atoms with Gasteiger partial charge in [0.05, 0.1) is 17.1 Å². The molecule has 0 spiro atoms. The minimum atomic E-state index is -0.379. The minimum Gasteiger partial charge on any atom is -0.336 e. The van der Waals surface area contributed by atoms with E-state index in [0.717, 1.165) is 26.7 Å². The Morgan fingerprint density at radius 1 is 1.06 bits per heavy atom. The van der Waals surface area contributed by atoms with Gasteiger partial charge < -0.3 is 10.6 Å². The van der Waals surface area contributed by atoms with Gasteiger partial charge in [-0.25, -0.2) is 14.5 Å². The number of aryl methyl sites for hydroxylation is 1. The molecule has 7 nitrogen and oxygen atoms in total. The second-order valence-corrected chi connectivity index (χ2v) is 8.78. The number of thiazole rings is 1. The van der Waals surface area contributed by atoms with Crippen LogP contribution in [0.15, 0.2) is 65.5 Å². The van der Waals surface area contributed by atoms with Crippen LogP contribution in [0.5, 0.6) is 0 Å². The Morgan fingerprint density at radius 2 is 1.85 bits per heavy atom. The molecule has 33 heavy (non-hydrogen) atoms. The van der Waals surface area contributed by atoms with Crippen LogP contribution in [0.3, 0.4) is 0 Å². The maximum absolute atomic E-state index is 12.3. The van der Waals surface area contributed by atoms with E-state index in [1.54, 1.807) is 24.3 Å². The first-order valence-electron chi connectivity index (χ1n) is 10.3. The van der Waals surface area contributed by atoms with Crippen molar-refractivity contribution >= 4 is 34.7 Å². The van der Waals surface area contributed by atoms with Crippen molar-refractivity contribution < 1.29 is 4.79 Å². The minimum absolute atomic E-state index is 0.234. The summed E-state index contributed by atoms with van der Waals surface area (Å²) in [4.78, 5) is 30.1. The molecule has 2 aromatic carbocycles. The quantitative estimate of drug-likeness (QED) is 0.401. The fraction of sp³-hybridized carbons (Fsp3) is 0.167. The van der Waals surface area contributed by atoms with E-state index in [-0.39, 0.29) is 24.7 Å². The Bertz CT molecular complexity index is 1350. The van der Waals surface area contributed by atoms with Gasteiger partial charge in [0.15, 0.2) is 0 Å². The second-order valence-electron chi connectivity index (χ2n) is 7.37. The van der Waals surface area contributed by atoms with E-state index >= 15 is 0 Å². The number of carbonyl (C=O) groups is 1. The monoisotopic (exact) mass is 479 g/mol. The van der Waals surface area contributed by atoms with Gasteiger partial charge in [-0.2, -0.15) is 5.10 Å². The van der Waals surface area contributed by atoms with Gasteiger partial charge in [-0.05, 0) is 37.6 Å². The second kappa shape index (κ2) is 9.97. The van der Waals surface area contributed by atoms with Crippen molar-refractivity contribution in [3.05, 3.63) is 87.3 Å². The first kappa shape index (κ1) is 22.7. The van der Waals surface area contributed by atoms with Crippen LogP contribution < -0.4 is 16.2 Å². The predicted octanol–water partition coefficient (Wildman–Crippen LogP) is 5.13. The number of hydrogen-bond acceptors (Lipinski definition) is 5. The summed E-state index contributed by atoms with van der Waals surface area (Å²) >= 11 is 7.62. The molecule has 0 atom stereocenters. The lowest BCUT2D eigenvalue weighted by Crippen LogP contribution is -2.34. The Kier molecular flexibility index (Phi) is 6.86. The largest absolute Gasteiger partial charge is 0.336 e. The average Bonchev–Trinajstić information content (AvgIpc) is 3.20. The molecule has 2 heterocycles. The van der Waals surface area contributed by atoms with Gasteiger partial charge in [0, 0.05) is 28.9 Å². The van der Waals surface area contributed by atoms with Crippen molar-refractivity contribution in [2.45, 2.75) is 20.4 Å². The highest BCUT2D eigenvalue weighted by Crippen LogP contribution is 2.33. The van der Waals surface area contributed by atoms with E-state index in [1.165, 1.54) is 22.1 Å². The third kappa shape index (κ3) is 5.30. The maximum atomic E-state index is 12.3. The topological polar surface area (TPSA) is 88.9 Å². The molecule has 2 N–H and O–H groups in total. The number of urea groups is 1. The van der Waals surface area contributed by atoms with E-state index in [2.05, 4.69) is 20.7 Å². The predicted molar refractivity (Wildman–Crippen MR) is 133 cm³/mol. The molecule has 0 saturated heterocycles. The standard InChI is InChI=1S/C24H22ClN5O2S/c1-15-18(25)9-6-10-19(15)28-24(32)26-13-14-30-21(31)12-11-20(29-30)22-16(2)27-23(33-22)17-7-4-3-5-8-17/h3-12H,13-14H2,1-2H3,(H2,26,28,32). The summed E-state index contributed by atoms with van der Waals surface area (Å²) in [6.45, 7) is 4.23. The maximum Gasteiger partial charge on any atom is 0.319 e. The third-order valence-electron chi connectivity index (χ3n) is 5.04. The van der Waals surface area contributed by atoms with Crippen LogP contribution in [0, 0.1) is 13.8 Å². The normalized spacial score (nSPS) is 10.8. The van der Waals surface area contributed by atoms with Crippen LogP contribution in [0.1, 0.15) is 11.3 Å². The van der Waals surface area contributed by atoms with E-state index < -0.39 is 0 Å². The van der Waals surface area contributed by atoms with Crippen LogP contribution in [0.25, 0.3) is 21.1 Å². The lowest BCUT2D eigenvalue weighted by Gasteiger charge is -2.11. The number of nitrogens with zero attached hydrogens (tertiary/aromatic N) is 3. The molecule has 4 aromatic rings. The van der Waals surface area contributed by atoms with E-state index in [0.29, 0.717) is 16.4 Å². The third-order valence-corrected chi connectivity index (χ3v) is 6.68. The molecule has 0 radical (unpaired) electrons. The molecular formula is C24H22ClN5O2S. The van der Waals surface area contributed by atoms with Crippen molar-refractivity contribution in [3.8, 4) is 21.1 Å². The molecule has 0 bridgehead atoms. The van der Waals surface area contributed by atoms with Crippen molar-refractivity contribution in [1.82, 2.24) is 20.1 Å². The molecule has 0 aliphatic heterocycles. The summed E-state index contributed by atoms with van der Waals surface area (Å²) in [6.07, 6.45) is 0. The highest BCUT2D eigenvalue weighted by Gasteiger charge is 2.14. The Labute approximate surface area is 200 Å². The molecule has 4 rings (SSSR count). The van der Waals surface area contributed by atoms with E-state index in [9.17, 15) is 9.59 Å². The van der Waals surface area contributed by atoms with Crippen LogP contribution in [0.4, 0.5) is 10.5 Å². The van der Waals surface area contributed by atoms with Gasteiger partial charge in [-0.15, -0.1) is 11.3 Å². The summed E-state index contributed by atoms with van der Waals surface area (Å²) < 4.78 is 1.35. The molecule has 0 fully saturated rings. The van der Waals surface area contributed by atoms with Crippen molar-refractivity contribution in [1.29, 1.82) is 0 Å². The Morgan fingerprint density at radius 3 is 2.64 bits per heavy atom. The zero-order chi connectivity index (χ0) is 23.4. The van der Waals surface area contributed by atoms with Crippen molar-refractivity contribution in [2.75, 3.05) is 11.9 Å². The lowest BCUT2D eigenvalue weighted by molar-refractivity contribution is 0.251. The molecule has 168 valence electrons.